The number of ketones is 1. The fourth-order valence-corrected chi connectivity index (χ4v) is 3.72. The highest BCUT2D eigenvalue weighted by atomic mass is 127. The first-order valence-electron chi connectivity index (χ1n) is 4.58. The lowest BCUT2D eigenvalue weighted by molar-refractivity contribution is 0.103. The predicted octanol–water partition coefficient (Wildman–Crippen LogP) is 4.21. The summed E-state index contributed by atoms with van der Waals surface area (Å²) in [5.74, 6) is 0.166. The molecule has 0 fully saturated rings. The Kier molecular flexibility index (Phi) is 3.58. The van der Waals surface area contributed by atoms with E-state index < -0.39 is 0 Å². The standard InChI is InChI=1S/C11H9IOS2/c1-2-9-7(3-5-14-9)10(13)8-4-6-15-11(8)12/h3-6H,2H2,1H3. The van der Waals surface area contributed by atoms with E-state index in [4.69, 9.17) is 0 Å². The van der Waals surface area contributed by atoms with Gasteiger partial charge in [0.25, 0.3) is 0 Å². The molecule has 0 N–H and O–H groups in total. The van der Waals surface area contributed by atoms with Crippen LogP contribution in [0.25, 0.3) is 0 Å². The van der Waals surface area contributed by atoms with Gasteiger partial charge in [-0.05, 0) is 51.9 Å². The fraction of sp³-hybridized carbons (Fsp3) is 0.182. The van der Waals surface area contributed by atoms with Crippen LogP contribution in [0.4, 0.5) is 0 Å². The Morgan fingerprint density at radius 3 is 2.53 bits per heavy atom. The quantitative estimate of drug-likeness (QED) is 0.600. The van der Waals surface area contributed by atoms with Gasteiger partial charge in [0, 0.05) is 16.0 Å². The summed E-state index contributed by atoms with van der Waals surface area (Å²) in [6.07, 6.45) is 0.930. The summed E-state index contributed by atoms with van der Waals surface area (Å²) in [5, 5.41) is 3.96. The summed E-state index contributed by atoms with van der Waals surface area (Å²) in [6, 6.07) is 3.84. The highest BCUT2D eigenvalue weighted by Crippen LogP contribution is 2.25. The van der Waals surface area contributed by atoms with Gasteiger partial charge in [-0.15, -0.1) is 22.7 Å². The smallest absolute Gasteiger partial charge is 0.196 e. The van der Waals surface area contributed by atoms with Crippen LogP contribution in [0.5, 0.6) is 0 Å². The average Bonchev–Trinajstić information content (AvgIpc) is 2.84. The monoisotopic (exact) mass is 348 g/mol. The highest BCUT2D eigenvalue weighted by molar-refractivity contribution is 14.1. The number of carbonyl (C=O) groups excluding carboxylic acids is 1. The number of hydrogen-bond donors (Lipinski definition) is 0. The molecular formula is C11H9IOS2. The average molecular weight is 348 g/mol. The Labute approximate surface area is 110 Å². The molecule has 0 saturated carbocycles. The SMILES string of the molecule is CCc1sccc1C(=O)c1ccsc1I. The summed E-state index contributed by atoms with van der Waals surface area (Å²) in [7, 11) is 0. The van der Waals surface area contributed by atoms with E-state index in [2.05, 4.69) is 29.5 Å². The Balaban J connectivity index is 2.41. The molecule has 0 radical (unpaired) electrons. The van der Waals surface area contributed by atoms with Crippen molar-refractivity contribution >= 4 is 51.0 Å². The minimum absolute atomic E-state index is 0.166. The maximum absolute atomic E-state index is 12.2. The first-order valence-corrected chi connectivity index (χ1v) is 7.42. The summed E-state index contributed by atoms with van der Waals surface area (Å²) in [5.41, 5.74) is 1.72. The summed E-state index contributed by atoms with van der Waals surface area (Å²) < 4.78 is 1.07. The third-order valence-corrected chi connectivity index (χ3v) is 5.28. The molecule has 2 aromatic heterocycles. The van der Waals surface area contributed by atoms with Crippen molar-refractivity contribution in [2.75, 3.05) is 0 Å². The van der Waals surface area contributed by atoms with Crippen molar-refractivity contribution in [2.45, 2.75) is 13.3 Å². The van der Waals surface area contributed by atoms with Gasteiger partial charge in [-0.3, -0.25) is 4.79 Å². The molecular weight excluding hydrogens is 339 g/mol. The zero-order chi connectivity index (χ0) is 10.8. The van der Waals surface area contributed by atoms with Crippen molar-refractivity contribution in [3.8, 4) is 0 Å². The lowest BCUT2D eigenvalue weighted by Gasteiger charge is -1.99. The molecule has 0 unspecified atom stereocenters. The van der Waals surface area contributed by atoms with E-state index >= 15 is 0 Å². The molecule has 0 spiro atoms. The number of thiophene rings is 2. The van der Waals surface area contributed by atoms with Crippen molar-refractivity contribution in [1.29, 1.82) is 0 Å². The van der Waals surface area contributed by atoms with Crippen LogP contribution in [0.1, 0.15) is 27.7 Å². The second-order valence-electron chi connectivity index (χ2n) is 3.05. The molecule has 2 heterocycles. The van der Waals surface area contributed by atoms with Gasteiger partial charge in [-0.1, -0.05) is 6.92 Å². The van der Waals surface area contributed by atoms with E-state index in [1.165, 1.54) is 4.88 Å². The van der Waals surface area contributed by atoms with Crippen molar-refractivity contribution in [3.63, 3.8) is 0 Å². The van der Waals surface area contributed by atoms with E-state index in [0.29, 0.717) is 0 Å². The summed E-state index contributed by atoms with van der Waals surface area (Å²) in [6.45, 7) is 2.08. The Hall–Kier alpha value is -0.200. The van der Waals surface area contributed by atoms with E-state index in [0.717, 1.165) is 20.4 Å². The van der Waals surface area contributed by atoms with Crippen LogP contribution >= 0.6 is 45.3 Å². The second kappa shape index (κ2) is 4.76. The largest absolute Gasteiger partial charge is 0.288 e. The van der Waals surface area contributed by atoms with Gasteiger partial charge in [0.15, 0.2) is 5.78 Å². The van der Waals surface area contributed by atoms with E-state index in [-0.39, 0.29) is 5.78 Å². The topological polar surface area (TPSA) is 17.1 Å². The van der Waals surface area contributed by atoms with Crippen LogP contribution in [0.15, 0.2) is 22.9 Å². The van der Waals surface area contributed by atoms with Gasteiger partial charge < -0.3 is 0 Å². The minimum atomic E-state index is 0.166. The molecule has 0 aliphatic heterocycles. The third-order valence-electron chi connectivity index (χ3n) is 2.17. The van der Waals surface area contributed by atoms with Crippen LogP contribution < -0.4 is 0 Å². The molecule has 0 atom stereocenters. The molecule has 78 valence electrons. The molecule has 0 amide bonds. The van der Waals surface area contributed by atoms with Crippen molar-refractivity contribution in [3.05, 3.63) is 41.8 Å². The lowest BCUT2D eigenvalue weighted by atomic mass is 10.1. The zero-order valence-electron chi connectivity index (χ0n) is 8.12. The molecule has 0 aliphatic carbocycles. The minimum Gasteiger partial charge on any atom is -0.288 e. The van der Waals surface area contributed by atoms with Crippen molar-refractivity contribution in [2.24, 2.45) is 0 Å². The lowest BCUT2D eigenvalue weighted by Crippen LogP contribution is -2.02. The first kappa shape index (κ1) is 11.3. The van der Waals surface area contributed by atoms with Crippen LogP contribution in [0.3, 0.4) is 0 Å². The van der Waals surface area contributed by atoms with E-state index in [9.17, 15) is 4.79 Å². The molecule has 2 aromatic rings. The predicted molar refractivity (Wildman–Crippen MR) is 74.2 cm³/mol. The second-order valence-corrected chi connectivity index (χ2v) is 6.78. The number of aryl methyl sites for hydroxylation is 1. The van der Waals surface area contributed by atoms with Crippen LogP contribution in [-0.4, -0.2) is 5.78 Å². The van der Waals surface area contributed by atoms with Gasteiger partial charge in [-0.25, -0.2) is 0 Å². The van der Waals surface area contributed by atoms with Gasteiger partial charge >= 0.3 is 0 Å². The van der Waals surface area contributed by atoms with Gasteiger partial charge in [0.2, 0.25) is 0 Å². The highest BCUT2D eigenvalue weighted by Gasteiger charge is 2.16. The van der Waals surface area contributed by atoms with Crippen molar-refractivity contribution < 1.29 is 4.79 Å². The van der Waals surface area contributed by atoms with Gasteiger partial charge in [0.05, 0.1) is 2.88 Å². The molecule has 2 rings (SSSR count). The van der Waals surface area contributed by atoms with Gasteiger partial charge in [-0.2, -0.15) is 0 Å². The Bertz CT molecular complexity index is 484. The van der Waals surface area contributed by atoms with E-state index in [1.54, 1.807) is 22.7 Å². The number of hydrogen-bond acceptors (Lipinski definition) is 3. The van der Waals surface area contributed by atoms with E-state index in [1.807, 2.05) is 22.9 Å². The number of halogens is 1. The van der Waals surface area contributed by atoms with Gasteiger partial charge in [0.1, 0.15) is 0 Å². The molecule has 4 heteroatoms. The Morgan fingerprint density at radius 2 is 1.93 bits per heavy atom. The molecule has 0 bridgehead atoms. The van der Waals surface area contributed by atoms with Crippen molar-refractivity contribution in [1.82, 2.24) is 0 Å². The number of rotatable bonds is 3. The molecule has 15 heavy (non-hydrogen) atoms. The maximum atomic E-state index is 12.2. The molecule has 1 nitrogen and oxygen atoms in total. The summed E-state index contributed by atoms with van der Waals surface area (Å²) in [4.78, 5) is 13.4. The summed E-state index contributed by atoms with van der Waals surface area (Å²) >= 11 is 5.49. The molecule has 0 aromatic carbocycles. The van der Waals surface area contributed by atoms with Crippen LogP contribution in [0.2, 0.25) is 0 Å². The Morgan fingerprint density at radius 1 is 1.27 bits per heavy atom. The molecule has 0 saturated heterocycles. The fourth-order valence-electron chi connectivity index (χ4n) is 1.42. The normalized spacial score (nSPS) is 10.5. The first-order chi connectivity index (χ1) is 7.24. The molecule has 0 aliphatic rings. The third kappa shape index (κ3) is 2.16. The van der Waals surface area contributed by atoms with Crippen LogP contribution in [0, 0.1) is 2.88 Å². The zero-order valence-corrected chi connectivity index (χ0v) is 11.9. The van der Waals surface area contributed by atoms with Crippen LogP contribution in [-0.2, 0) is 6.42 Å². The number of carbonyl (C=O) groups is 1. The maximum Gasteiger partial charge on any atom is 0.196 e.